The van der Waals surface area contributed by atoms with Crippen LogP contribution in [0, 0.1) is 17.0 Å². The van der Waals surface area contributed by atoms with Crippen LogP contribution in [0.4, 0.5) is 5.69 Å². The van der Waals surface area contributed by atoms with E-state index in [1.54, 1.807) is 12.1 Å². The second kappa shape index (κ2) is 8.52. The highest BCUT2D eigenvalue weighted by Gasteiger charge is 2.18. The van der Waals surface area contributed by atoms with E-state index < -0.39 is 22.0 Å². The summed E-state index contributed by atoms with van der Waals surface area (Å²) in [5, 5.41) is 11.1. The third kappa shape index (κ3) is 4.30. The minimum Gasteiger partial charge on any atom is -0.460 e. The highest BCUT2D eigenvalue weighted by molar-refractivity contribution is 6.32. The van der Waals surface area contributed by atoms with Gasteiger partial charge in [-0.1, -0.05) is 29.3 Å². The monoisotopic (exact) mass is 451 g/mol. The highest BCUT2D eigenvalue weighted by Crippen LogP contribution is 2.27. The summed E-state index contributed by atoms with van der Waals surface area (Å²) in [6, 6.07) is 15.0. The molecule has 1 aromatic heterocycles. The number of ether oxygens (including phenoxy) is 2. The molecule has 160 valence electrons. The maximum atomic E-state index is 12.7. The van der Waals surface area contributed by atoms with Gasteiger partial charge in [-0.3, -0.25) is 14.9 Å². The Labute approximate surface area is 185 Å². The third-order valence-electron chi connectivity index (χ3n) is 4.55. The number of nitro benzene ring substituents is 1. The second-order valence-corrected chi connectivity index (χ2v) is 7.22. The zero-order chi connectivity index (χ0) is 22.8. The number of nitro groups is 1. The van der Waals surface area contributed by atoms with Crippen LogP contribution < -0.4 is 14.9 Å². The molecule has 0 saturated carbocycles. The zero-order valence-electron chi connectivity index (χ0n) is 16.5. The molecule has 0 radical (unpaired) electrons. The van der Waals surface area contributed by atoms with E-state index in [2.05, 4.69) is 0 Å². The molecule has 9 heteroatoms. The van der Waals surface area contributed by atoms with Crippen LogP contribution >= 0.6 is 11.6 Å². The largest absolute Gasteiger partial charge is 0.460 e. The van der Waals surface area contributed by atoms with Gasteiger partial charge in [-0.15, -0.1) is 0 Å². The molecule has 4 aromatic rings. The highest BCUT2D eigenvalue weighted by atomic mass is 35.5. The first-order chi connectivity index (χ1) is 15.3. The Balaban J connectivity index is 1.58. The molecule has 0 spiro atoms. The van der Waals surface area contributed by atoms with Gasteiger partial charge in [0.05, 0.1) is 15.9 Å². The van der Waals surface area contributed by atoms with Crippen molar-refractivity contribution >= 4 is 34.2 Å². The van der Waals surface area contributed by atoms with E-state index in [1.807, 2.05) is 19.1 Å². The lowest BCUT2D eigenvalue weighted by atomic mass is 10.2. The van der Waals surface area contributed by atoms with Gasteiger partial charge in [0.1, 0.15) is 28.4 Å². The van der Waals surface area contributed by atoms with E-state index in [-0.39, 0.29) is 33.1 Å². The lowest BCUT2D eigenvalue weighted by Gasteiger charge is -2.08. The van der Waals surface area contributed by atoms with Gasteiger partial charge in [-0.25, -0.2) is 4.79 Å². The van der Waals surface area contributed by atoms with Crippen molar-refractivity contribution in [1.82, 2.24) is 0 Å². The number of hydrogen-bond acceptors (Lipinski definition) is 7. The minimum atomic E-state index is -0.828. The average molecular weight is 452 g/mol. The van der Waals surface area contributed by atoms with Crippen LogP contribution in [-0.2, 0) is 0 Å². The SMILES string of the molecule is Cc1ccc(Oc2coc3cc(OC(=O)c4ccc(Cl)c([N+](=O)[O-])c4)ccc3c2=O)cc1. The van der Waals surface area contributed by atoms with Crippen LogP contribution in [0.15, 0.2) is 76.1 Å². The van der Waals surface area contributed by atoms with E-state index in [1.165, 1.54) is 36.6 Å². The van der Waals surface area contributed by atoms with Crippen molar-refractivity contribution in [2.45, 2.75) is 6.92 Å². The molecule has 0 aliphatic heterocycles. The molecule has 32 heavy (non-hydrogen) atoms. The van der Waals surface area contributed by atoms with Crippen LogP contribution in [0.25, 0.3) is 11.0 Å². The topological polar surface area (TPSA) is 109 Å². The second-order valence-electron chi connectivity index (χ2n) is 6.81. The molecule has 8 nitrogen and oxygen atoms in total. The summed E-state index contributed by atoms with van der Waals surface area (Å²) in [7, 11) is 0. The summed E-state index contributed by atoms with van der Waals surface area (Å²) in [4.78, 5) is 35.4. The first-order valence-electron chi connectivity index (χ1n) is 9.28. The first kappa shape index (κ1) is 21.1. The molecule has 0 atom stereocenters. The number of rotatable bonds is 5. The lowest BCUT2D eigenvalue weighted by Crippen LogP contribution is -2.09. The number of esters is 1. The predicted octanol–water partition coefficient (Wildman–Crippen LogP) is 5.67. The first-order valence-corrected chi connectivity index (χ1v) is 9.66. The summed E-state index contributed by atoms with van der Waals surface area (Å²) < 4.78 is 16.4. The molecule has 0 amide bonds. The Kier molecular flexibility index (Phi) is 5.61. The van der Waals surface area contributed by atoms with E-state index in [4.69, 9.17) is 25.5 Å². The van der Waals surface area contributed by atoms with Gasteiger partial charge in [0.2, 0.25) is 11.2 Å². The summed E-state index contributed by atoms with van der Waals surface area (Å²) in [6.07, 6.45) is 1.18. The fraction of sp³-hybridized carbons (Fsp3) is 0.0435. The number of benzene rings is 3. The van der Waals surface area contributed by atoms with Crippen molar-refractivity contribution in [3.05, 3.63) is 103 Å². The number of hydrogen-bond donors (Lipinski definition) is 0. The predicted molar refractivity (Wildman–Crippen MR) is 117 cm³/mol. The molecule has 0 saturated heterocycles. The third-order valence-corrected chi connectivity index (χ3v) is 4.87. The maximum Gasteiger partial charge on any atom is 0.343 e. The van der Waals surface area contributed by atoms with Crippen LogP contribution in [0.3, 0.4) is 0 Å². The number of nitrogens with zero attached hydrogens (tertiary/aromatic N) is 1. The number of carbonyl (C=O) groups is 1. The Morgan fingerprint density at radius 1 is 1.03 bits per heavy atom. The van der Waals surface area contributed by atoms with Gasteiger partial charge in [-0.2, -0.15) is 0 Å². The Morgan fingerprint density at radius 2 is 1.75 bits per heavy atom. The van der Waals surface area contributed by atoms with E-state index in [0.29, 0.717) is 5.75 Å². The Morgan fingerprint density at radius 3 is 2.47 bits per heavy atom. The van der Waals surface area contributed by atoms with E-state index in [9.17, 15) is 19.7 Å². The van der Waals surface area contributed by atoms with Gasteiger partial charge in [-0.05, 0) is 43.3 Å². The van der Waals surface area contributed by atoms with Crippen molar-refractivity contribution in [3.63, 3.8) is 0 Å². The summed E-state index contributed by atoms with van der Waals surface area (Å²) in [5.41, 5.74) is 0.381. The van der Waals surface area contributed by atoms with E-state index >= 15 is 0 Å². The number of aryl methyl sites for hydroxylation is 1. The van der Waals surface area contributed by atoms with Crippen molar-refractivity contribution < 1.29 is 23.6 Å². The molecule has 1 heterocycles. The Hall–Kier alpha value is -4.17. The molecule has 0 bridgehead atoms. The summed E-state index contributed by atoms with van der Waals surface area (Å²) >= 11 is 5.76. The minimum absolute atomic E-state index is 0.0135. The van der Waals surface area contributed by atoms with Gasteiger partial charge in [0, 0.05) is 12.1 Å². The van der Waals surface area contributed by atoms with Crippen molar-refractivity contribution in [2.75, 3.05) is 0 Å². The molecule has 0 unspecified atom stereocenters. The molecule has 0 aliphatic rings. The summed E-state index contributed by atoms with van der Waals surface area (Å²) in [5.74, 6) is -0.231. The van der Waals surface area contributed by atoms with Gasteiger partial charge in [0.25, 0.3) is 5.69 Å². The lowest BCUT2D eigenvalue weighted by molar-refractivity contribution is -0.384. The fourth-order valence-corrected chi connectivity index (χ4v) is 3.09. The van der Waals surface area contributed by atoms with Crippen molar-refractivity contribution in [3.8, 4) is 17.2 Å². The Bertz CT molecular complexity index is 1410. The van der Waals surface area contributed by atoms with Crippen LogP contribution in [0.1, 0.15) is 15.9 Å². The van der Waals surface area contributed by atoms with Crippen LogP contribution in [-0.4, -0.2) is 10.9 Å². The van der Waals surface area contributed by atoms with Gasteiger partial charge in [0.15, 0.2) is 0 Å². The van der Waals surface area contributed by atoms with Crippen LogP contribution in [0.5, 0.6) is 17.2 Å². The standard InChI is InChI=1S/C23H14ClNO7/c1-13-2-5-15(6-3-13)31-21-12-30-20-11-16(7-8-17(20)22(21)26)32-23(27)14-4-9-18(24)19(10-14)25(28)29/h2-12H,1H3. The molecular formula is C23H14ClNO7. The van der Waals surface area contributed by atoms with Gasteiger partial charge < -0.3 is 13.9 Å². The molecule has 0 fully saturated rings. The van der Waals surface area contributed by atoms with Gasteiger partial charge >= 0.3 is 5.97 Å². The number of halogens is 1. The smallest absolute Gasteiger partial charge is 0.343 e. The van der Waals surface area contributed by atoms with Crippen molar-refractivity contribution in [2.24, 2.45) is 0 Å². The molecule has 4 rings (SSSR count). The number of carbonyl (C=O) groups excluding carboxylic acids is 1. The normalized spacial score (nSPS) is 10.7. The molecule has 0 N–H and O–H groups in total. The average Bonchev–Trinajstić information content (AvgIpc) is 2.77. The maximum absolute atomic E-state index is 12.7. The van der Waals surface area contributed by atoms with E-state index in [0.717, 1.165) is 11.6 Å². The quantitative estimate of drug-likeness (QED) is 0.166. The van der Waals surface area contributed by atoms with Crippen LogP contribution in [0.2, 0.25) is 5.02 Å². The molecule has 3 aromatic carbocycles. The fourth-order valence-electron chi connectivity index (χ4n) is 2.90. The zero-order valence-corrected chi connectivity index (χ0v) is 17.3. The molecule has 0 aliphatic carbocycles. The number of fused-ring (bicyclic) bond motifs is 1. The molecular weight excluding hydrogens is 438 g/mol. The van der Waals surface area contributed by atoms with Crippen molar-refractivity contribution in [1.29, 1.82) is 0 Å². The summed E-state index contributed by atoms with van der Waals surface area (Å²) in [6.45, 7) is 1.94.